The Kier molecular flexibility index (Phi) is 7.92. The molecule has 0 bridgehead atoms. The van der Waals surface area contributed by atoms with Gasteiger partial charge in [0.2, 0.25) is 10.0 Å². The smallest absolute Gasteiger partial charge is 0.258 e. The molecule has 0 spiro atoms. The molecule has 0 radical (unpaired) electrons. The lowest BCUT2D eigenvalue weighted by molar-refractivity contribution is -0.123. The van der Waals surface area contributed by atoms with Gasteiger partial charge in [-0.25, -0.2) is 8.42 Å². The van der Waals surface area contributed by atoms with E-state index in [0.717, 1.165) is 35.5 Å². The summed E-state index contributed by atoms with van der Waals surface area (Å²) in [5, 5.41) is 2.83. The highest BCUT2D eigenvalue weighted by Gasteiger charge is 2.27. The summed E-state index contributed by atoms with van der Waals surface area (Å²) in [5.74, 6) is 0.804. The van der Waals surface area contributed by atoms with E-state index in [9.17, 15) is 13.2 Å². The average molecular weight is 460 g/mol. The molecule has 32 heavy (non-hydrogen) atoms. The predicted molar refractivity (Wildman–Crippen MR) is 125 cm³/mol. The molecule has 7 nitrogen and oxygen atoms in total. The van der Waals surface area contributed by atoms with E-state index >= 15 is 0 Å². The number of ether oxygens (including phenoxy) is 1. The molecule has 1 saturated heterocycles. The minimum Gasteiger partial charge on any atom is -0.483 e. The highest BCUT2D eigenvalue weighted by molar-refractivity contribution is 7.89. The summed E-state index contributed by atoms with van der Waals surface area (Å²) in [7, 11) is -1.50. The molecule has 0 atom stereocenters. The number of piperazine rings is 1. The van der Waals surface area contributed by atoms with E-state index in [1.54, 1.807) is 24.3 Å². The number of carbonyl (C=O) groups is 1. The highest BCUT2D eigenvalue weighted by Crippen LogP contribution is 2.27. The Balaban J connectivity index is 1.53. The van der Waals surface area contributed by atoms with E-state index in [-0.39, 0.29) is 17.4 Å². The lowest BCUT2D eigenvalue weighted by Gasteiger charge is -2.31. The topological polar surface area (TPSA) is 78.9 Å². The molecule has 2 aromatic carbocycles. The second-order valence-electron chi connectivity index (χ2n) is 8.61. The molecule has 174 valence electrons. The van der Waals surface area contributed by atoms with Crippen LogP contribution < -0.4 is 10.1 Å². The van der Waals surface area contributed by atoms with Crippen molar-refractivity contribution in [3.63, 3.8) is 0 Å². The normalized spacial score (nSPS) is 15.7. The summed E-state index contributed by atoms with van der Waals surface area (Å²) in [6.07, 6.45) is 0. The molecular weight excluding hydrogens is 426 g/mol. The fourth-order valence-electron chi connectivity index (χ4n) is 3.60. The van der Waals surface area contributed by atoms with Crippen LogP contribution in [0.15, 0.2) is 47.4 Å². The van der Waals surface area contributed by atoms with E-state index in [1.807, 2.05) is 32.2 Å². The number of nitrogens with one attached hydrogen (secondary N) is 1. The summed E-state index contributed by atoms with van der Waals surface area (Å²) >= 11 is 0. The van der Waals surface area contributed by atoms with Crippen LogP contribution in [0.2, 0.25) is 0 Å². The first kappa shape index (κ1) is 24.2. The lowest BCUT2D eigenvalue weighted by Crippen LogP contribution is -2.47. The quantitative estimate of drug-likeness (QED) is 0.657. The summed E-state index contributed by atoms with van der Waals surface area (Å²) in [6, 6.07) is 12.7. The van der Waals surface area contributed by atoms with Crippen LogP contribution >= 0.6 is 0 Å². The number of aryl methyl sites for hydroxylation is 1. The Morgan fingerprint density at radius 2 is 1.72 bits per heavy atom. The van der Waals surface area contributed by atoms with Gasteiger partial charge in [0.25, 0.3) is 5.91 Å². The van der Waals surface area contributed by atoms with Gasteiger partial charge in [0, 0.05) is 32.7 Å². The van der Waals surface area contributed by atoms with E-state index in [4.69, 9.17) is 4.74 Å². The second-order valence-corrected chi connectivity index (χ2v) is 10.6. The van der Waals surface area contributed by atoms with Crippen molar-refractivity contribution in [2.24, 2.45) is 0 Å². The van der Waals surface area contributed by atoms with E-state index in [1.165, 1.54) is 4.31 Å². The van der Waals surface area contributed by atoms with Gasteiger partial charge in [-0.1, -0.05) is 38.1 Å². The predicted octanol–water partition coefficient (Wildman–Crippen LogP) is 2.75. The number of hydrogen-bond acceptors (Lipinski definition) is 5. The van der Waals surface area contributed by atoms with Gasteiger partial charge in [-0.05, 0) is 54.8 Å². The zero-order valence-corrected chi connectivity index (χ0v) is 20.1. The molecule has 1 fully saturated rings. The largest absolute Gasteiger partial charge is 0.483 e. The van der Waals surface area contributed by atoms with Crippen LogP contribution in [-0.4, -0.2) is 63.4 Å². The van der Waals surface area contributed by atoms with Crippen LogP contribution in [0.5, 0.6) is 5.75 Å². The number of sulfonamides is 1. The van der Waals surface area contributed by atoms with Gasteiger partial charge in [-0.3, -0.25) is 4.79 Å². The Bertz CT molecular complexity index is 1030. The number of likely N-dealkylation sites (N-methyl/N-ethyl adjacent to an activating group) is 1. The first-order valence-corrected chi connectivity index (χ1v) is 12.4. The van der Waals surface area contributed by atoms with E-state index in [0.29, 0.717) is 25.6 Å². The summed E-state index contributed by atoms with van der Waals surface area (Å²) in [5.41, 5.74) is 2.98. The minimum absolute atomic E-state index is 0.0704. The molecule has 0 unspecified atom stereocenters. The number of rotatable bonds is 8. The number of hydrogen-bond donors (Lipinski definition) is 1. The standard InChI is InChI=1S/C24H33N3O4S/c1-18(2)22-10-5-19(3)15-23(22)31-17-24(28)25-16-20-6-8-21(9-7-20)32(29,30)27-13-11-26(4)12-14-27/h5-10,15,18H,11-14,16-17H2,1-4H3,(H,25,28). The van der Waals surface area contributed by atoms with E-state index < -0.39 is 10.0 Å². The van der Waals surface area contributed by atoms with Gasteiger partial charge in [0.05, 0.1) is 4.90 Å². The van der Waals surface area contributed by atoms with Crippen LogP contribution in [0.4, 0.5) is 0 Å². The van der Waals surface area contributed by atoms with Crippen LogP contribution in [-0.2, 0) is 21.4 Å². The van der Waals surface area contributed by atoms with Crippen LogP contribution in [0.3, 0.4) is 0 Å². The molecule has 2 aromatic rings. The average Bonchev–Trinajstić information content (AvgIpc) is 2.76. The van der Waals surface area contributed by atoms with Gasteiger partial charge in [0.15, 0.2) is 6.61 Å². The van der Waals surface area contributed by atoms with E-state index in [2.05, 4.69) is 24.1 Å². The molecule has 8 heteroatoms. The van der Waals surface area contributed by atoms with Crippen molar-refractivity contribution >= 4 is 15.9 Å². The molecule has 0 aromatic heterocycles. The first-order valence-electron chi connectivity index (χ1n) is 10.9. The van der Waals surface area contributed by atoms with Crippen molar-refractivity contribution < 1.29 is 17.9 Å². The Morgan fingerprint density at radius 1 is 1.06 bits per heavy atom. The Hall–Kier alpha value is -2.42. The minimum atomic E-state index is -3.49. The van der Waals surface area contributed by atoms with Crippen molar-refractivity contribution in [1.82, 2.24) is 14.5 Å². The fraction of sp³-hybridized carbons (Fsp3) is 0.458. The Morgan fingerprint density at radius 3 is 2.34 bits per heavy atom. The molecule has 1 aliphatic rings. The van der Waals surface area contributed by atoms with Crippen molar-refractivity contribution in [3.8, 4) is 5.75 Å². The second kappa shape index (κ2) is 10.5. The maximum Gasteiger partial charge on any atom is 0.258 e. The molecule has 1 N–H and O–H groups in total. The third-order valence-electron chi connectivity index (χ3n) is 5.66. The Labute approximate surface area is 191 Å². The van der Waals surface area contributed by atoms with Crippen molar-refractivity contribution in [3.05, 3.63) is 59.2 Å². The molecule has 1 amide bonds. The molecule has 0 saturated carbocycles. The first-order chi connectivity index (χ1) is 15.2. The number of carbonyl (C=O) groups excluding carboxylic acids is 1. The van der Waals surface area contributed by atoms with Crippen molar-refractivity contribution in [2.75, 3.05) is 39.8 Å². The van der Waals surface area contributed by atoms with Gasteiger partial charge in [-0.2, -0.15) is 4.31 Å². The lowest BCUT2D eigenvalue weighted by atomic mass is 10.0. The van der Waals surface area contributed by atoms with Crippen molar-refractivity contribution in [1.29, 1.82) is 0 Å². The van der Waals surface area contributed by atoms with Crippen LogP contribution in [0, 0.1) is 6.92 Å². The van der Waals surface area contributed by atoms with Crippen LogP contribution in [0.1, 0.15) is 36.5 Å². The highest BCUT2D eigenvalue weighted by atomic mass is 32.2. The maximum absolute atomic E-state index is 12.8. The van der Waals surface area contributed by atoms with Gasteiger partial charge < -0.3 is 15.0 Å². The molecule has 3 rings (SSSR count). The monoisotopic (exact) mass is 459 g/mol. The number of amides is 1. The zero-order chi connectivity index (χ0) is 23.3. The van der Waals surface area contributed by atoms with Crippen molar-refractivity contribution in [2.45, 2.75) is 38.1 Å². The summed E-state index contributed by atoms with van der Waals surface area (Å²) in [6.45, 7) is 8.85. The maximum atomic E-state index is 12.8. The molecule has 0 aliphatic carbocycles. The van der Waals surface area contributed by atoms with Crippen LogP contribution in [0.25, 0.3) is 0 Å². The third-order valence-corrected chi connectivity index (χ3v) is 7.58. The molecule has 1 heterocycles. The summed E-state index contributed by atoms with van der Waals surface area (Å²) in [4.78, 5) is 14.7. The SMILES string of the molecule is Cc1ccc(C(C)C)c(OCC(=O)NCc2ccc(S(=O)(=O)N3CCN(C)CC3)cc2)c1. The van der Waals surface area contributed by atoms with Gasteiger partial charge >= 0.3 is 0 Å². The van der Waals surface area contributed by atoms with Gasteiger partial charge in [-0.15, -0.1) is 0 Å². The number of nitrogens with zero attached hydrogens (tertiary/aromatic N) is 2. The third kappa shape index (κ3) is 6.09. The molecule has 1 aliphatic heterocycles. The fourth-order valence-corrected chi connectivity index (χ4v) is 5.02. The summed E-state index contributed by atoms with van der Waals surface area (Å²) < 4.78 is 32.9. The molecular formula is C24H33N3O4S. The zero-order valence-electron chi connectivity index (χ0n) is 19.3. The van der Waals surface area contributed by atoms with Gasteiger partial charge in [0.1, 0.15) is 5.75 Å². The number of benzene rings is 2.